The lowest BCUT2D eigenvalue weighted by molar-refractivity contribution is -0.119. The largest absolute Gasteiger partial charge is 0.357 e. The topological polar surface area (TPSA) is 65.5 Å². The van der Waals surface area contributed by atoms with E-state index in [1.807, 2.05) is 32.0 Å². The molecule has 118 valence electrons. The molecule has 0 saturated heterocycles. The summed E-state index contributed by atoms with van der Waals surface area (Å²) in [5, 5.41) is 9.16. The molecule has 6 heteroatoms. The SMILES string of the molecule is CCNC(=O)CN=C(NCC)NC(C)c1ccccc1.I. The van der Waals surface area contributed by atoms with Gasteiger partial charge in [0.15, 0.2) is 5.96 Å². The normalized spacial score (nSPS) is 12.0. The number of likely N-dealkylation sites (N-methyl/N-ethyl adjacent to an activating group) is 1. The second-order valence-corrected chi connectivity index (χ2v) is 4.43. The lowest BCUT2D eigenvalue weighted by Crippen LogP contribution is -2.39. The van der Waals surface area contributed by atoms with Crippen LogP contribution in [0.15, 0.2) is 35.3 Å². The molecule has 0 saturated carbocycles. The maximum Gasteiger partial charge on any atom is 0.241 e. The number of benzene rings is 1. The molecule has 0 aliphatic rings. The van der Waals surface area contributed by atoms with E-state index in [1.165, 1.54) is 5.56 Å². The van der Waals surface area contributed by atoms with Crippen molar-refractivity contribution in [3.63, 3.8) is 0 Å². The predicted octanol–water partition coefficient (Wildman–Crippen LogP) is 2.06. The highest BCUT2D eigenvalue weighted by Crippen LogP contribution is 2.10. The molecule has 1 aromatic carbocycles. The van der Waals surface area contributed by atoms with Gasteiger partial charge >= 0.3 is 0 Å². The summed E-state index contributed by atoms with van der Waals surface area (Å²) in [5.74, 6) is 0.576. The van der Waals surface area contributed by atoms with Crippen molar-refractivity contribution in [2.75, 3.05) is 19.6 Å². The van der Waals surface area contributed by atoms with Crippen LogP contribution in [0, 0.1) is 0 Å². The fraction of sp³-hybridized carbons (Fsp3) is 0.467. The van der Waals surface area contributed by atoms with Crippen molar-refractivity contribution in [1.29, 1.82) is 0 Å². The molecule has 1 rings (SSSR count). The Morgan fingerprint density at radius 2 is 1.76 bits per heavy atom. The number of carbonyl (C=O) groups excluding carboxylic acids is 1. The van der Waals surface area contributed by atoms with Crippen molar-refractivity contribution >= 4 is 35.8 Å². The summed E-state index contributed by atoms with van der Waals surface area (Å²) in [6.07, 6.45) is 0. The maximum atomic E-state index is 11.4. The van der Waals surface area contributed by atoms with Gasteiger partial charge in [0.1, 0.15) is 6.54 Å². The van der Waals surface area contributed by atoms with Crippen LogP contribution in [0.5, 0.6) is 0 Å². The van der Waals surface area contributed by atoms with Gasteiger partial charge in [0.05, 0.1) is 6.04 Å². The second kappa shape index (κ2) is 11.4. The number of carbonyl (C=O) groups is 1. The number of guanidine groups is 1. The van der Waals surface area contributed by atoms with Gasteiger partial charge in [0.2, 0.25) is 5.91 Å². The summed E-state index contributed by atoms with van der Waals surface area (Å²) in [7, 11) is 0. The van der Waals surface area contributed by atoms with Crippen molar-refractivity contribution in [2.45, 2.75) is 26.8 Å². The van der Waals surface area contributed by atoms with Crippen LogP contribution in [0.25, 0.3) is 0 Å². The molecule has 0 heterocycles. The van der Waals surface area contributed by atoms with Gasteiger partial charge in [-0.1, -0.05) is 30.3 Å². The molecule has 0 radical (unpaired) electrons. The van der Waals surface area contributed by atoms with Gasteiger partial charge < -0.3 is 16.0 Å². The molecule has 1 unspecified atom stereocenters. The van der Waals surface area contributed by atoms with Gasteiger partial charge in [0, 0.05) is 13.1 Å². The molecule has 1 amide bonds. The van der Waals surface area contributed by atoms with Crippen LogP contribution < -0.4 is 16.0 Å². The first-order valence-electron chi connectivity index (χ1n) is 7.03. The van der Waals surface area contributed by atoms with E-state index in [1.54, 1.807) is 0 Å². The van der Waals surface area contributed by atoms with Gasteiger partial charge in [-0.25, -0.2) is 4.99 Å². The minimum atomic E-state index is -0.0722. The first kappa shape index (κ1) is 19.7. The number of aliphatic imine (C=N–C) groups is 1. The highest BCUT2D eigenvalue weighted by molar-refractivity contribution is 14.0. The second-order valence-electron chi connectivity index (χ2n) is 4.43. The smallest absolute Gasteiger partial charge is 0.241 e. The molecule has 0 bridgehead atoms. The fourth-order valence-electron chi connectivity index (χ4n) is 1.75. The summed E-state index contributed by atoms with van der Waals surface area (Å²) in [5.41, 5.74) is 1.18. The van der Waals surface area contributed by atoms with E-state index >= 15 is 0 Å². The third-order valence-electron chi connectivity index (χ3n) is 2.75. The van der Waals surface area contributed by atoms with Crippen molar-refractivity contribution in [1.82, 2.24) is 16.0 Å². The van der Waals surface area contributed by atoms with Crippen molar-refractivity contribution in [2.24, 2.45) is 4.99 Å². The van der Waals surface area contributed by atoms with Gasteiger partial charge in [-0.2, -0.15) is 0 Å². The Balaban J connectivity index is 0.00000400. The number of rotatable bonds is 6. The summed E-state index contributed by atoms with van der Waals surface area (Å²) in [6.45, 7) is 7.46. The summed E-state index contributed by atoms with van der Waals surface area (Å²) >= 11 is 0. The molecule has 0 aliphatic carbocycles. The van der Waals surface area contributed by atoms with E-state index in [-0.39, 0.29) is 42.5 Å². The van der Waals surface area contributed by atoms with E-state index in [9.17, 15) is 4.79 Å². The Bertz CT molecular complexity index is 437. The maximum absolute atomic E-state index is 11.4. The van der Waals surface area contributed by atoms with Gasteiger partial charge in [-0.05, 0) is 26.3 Å². The third-order valence-corrected chi connectivity index (χ3v) is 2.75. The monoisotopic (exact) mass is 404 g/mol. The Morgan fingerprint density at radius 3 is 2.33 bits per heavy atom. The summed E-state index contributed by atoms with van der Waals surface area (Å²) in [4.78, 5) is 15.7. The summed E-state index contributed by atoms with van der Waals surface area (Å²) in [6, 6.07) is 10.3. The summed E-state index contributed by atoms with van der Waals surface area (Å²) < 4.78 is 0. The van der Waals surface area contributed by atoms with E-state index < -0.39 is 0 Å². The van der Waals surface area contributed by atoms with Crippen LogP contribution >= 0.6 is 24.0 Å². The molecule has 21 heavy (non-hydrogen) atoms. The average molecular weight is 404 g/mol. The minimum Gasteiger partial charge on any atom is -0.357 e. The van der Waals surface area contributed by atoms with Crippen LogP contribution in [0.3, 0.4) is 0 Å². The van der Waals surface area contributed by atoms with Crippen LogP contribution in [0.1, 0.15) is 32.4 Å². The van der Waals surface area contributed by atoms with Crippen LogP contribution in [0.2, 0.25) is 0 Å². The molecule has 0 fully saturated rings. The number of amides is 1. The number of halogens is 1. The van der Waals surface area contributed by atoms with E-state index in [0.717, 1.165) is 6.54 Å². The zero-order valence-electron chi connectivity index (χ0n) is 12.8. The fourth-order valence-corrected chi connectivity index (χ4v) is 1.75. The highest BCUT2D eigenvalue weighted by Gasteiger charge is 2.07. The number of nitrogens with zero attached hydrogens (tertiary/aromatic N) is 1. The van der Waals surface area contributed by atoms with Crippen LogP contribution in [0.4, 0.5) is 0 Å². The Morgan fingerprint density at radius 1 is 1.14 bits per heavy atom. The number of hydrogen-bond donors (Lipinski definition) is 3. The van der Waals surface area contributed by atoms with Crippen LogP contribution in [-0.2, 0) is 4.79 Å². The van der Waals surface area contributed by atoms with Gasteiger partial charge in [-0.15, -0.1) is 24.0 Å². The van der Waals surface area contributed by atoms with Crippen molar-refractivity contribution in [3.05, 3.63) is 35.9 Å². The van der Waals surface area contributed by atoms with E-state index in [2.05, 4.69) is 40.0 Å². The molecule has 0 spiro atoms. The third kappa shape index (κ3) is 7.89. The van der Waals surface area contributed by atoms with Crippen molar-refractivity contribution < 1.29 is 4.79 Å². The standard InChI is InChI=1S/C15H24N4O.HI/c1-4-16-14(20)11-18-15(17-5-2)19-12(3)13-9-7-6-8-10-13;/h6-10,12H,4-5,11H2,1-3H3,(H,16,20)(H2,17,18,19);1H. The Kier molecular flexibility index (Phi) is 10.7. The minimum absolute atomic E-state index is 0. The molecule has 1 aromatic rings. The number of hydrogen-bond acceptors (Lipinski definition) is 2. The zero-order chi connectivity index (χ0) is 14.8. The molecule has 3 N–H and O–H groups in total. The molecule has 0 aliphatic heterocycles. The van der Waals surface area contributed by atoms with Crippen molar-refractivity contribution in [3.8, 4) is 0 Å². The first-order valence-corrected chi connectivity index (χ1v) is 7.03. The highest BCUT2D eigenvalue weighted by atomic mass is 127. The lowest BCUT2D eigenvalue weighted by Gasteiger charge is -2.18. The molecule has 0 aromatic heterocycles. The molecule has 1 atom stereocenters. The quantitative estimate of drug-likeness (QED) is 0.386. The molecular weight excluding hydrogens is 379 g/mol. The van der Waals surface area contributed by atoms with Gasteiger partial charge in [0.25, 0.3) is 0 Å². The van der Waals surface area contributed by atoms with Gasteiger partial charge in [-0.3, -0.25) is 4.79 Å². The van der Waals surface area contributed by atoms with Crippen LogP contribution in [-0.4, -0.2) is 31.5 Å². The molecule has 5 nitrogen and oxygen atoms in total. The van der Waals surface area contributed by atoms with E-state index in [0.29, 0.717) is 12.5 Å². The molecular formula is C15H25IN4O. The van der Waals surface area contributed by atoms with E-state index in [4.69, 9.17) is 0 Å². The first-order chi connectivity index (χ1) is 9.67. The number of nitrogens with one attached hydrogen (secondary N) is 3. The average Bonchev–Trinajstić information content (AvgIpc) is 2.46. The Hall–Kier alpha value is -1.31. The Labute approximate surface area is 144 Å². The lowest BCUT2D eigenvalue weighted by atomic mass is 10.1. The zero-order valence-corrected chi connectivity index (χ0v) is 15.2. The predicted molar refractivity (Wildman–Crippen MR) is 98.1 cm³/mol.